The van der Waals surface area contributed by atoms with Crippen LogP contribution < -0.4 is 5.73 Å². The highest BCUT2D eigenvalue weighted by molar-refractivity contribution is 6.12. The van der Waals surface area contributed by atoms with Crippen molar-refractivity contribution in [3.8, 4) is 5.75 Å². The largest absolute Gasteiger partial charge is 0.508 e. The van der Waals surface area contributed by atoms with Crippen LogP contribution >= 0.6 is 0 Å². The van der Waals surface area contributed by atoms with Gasteiger partial charge in [0.05, 0.1) is 5.56 Å². The van der Waals surface area contributed by atoms with Crippen LogP contribution in [0, 0.1) is 0 Å². The van der Waals surface area contributed by atoms with Gasteiger partial charge >= 0.3 is 6.18 Å². The summed E-state index contributed by atoms with van der Waals surface area (Å²) in [5.41, 5.74) is 4.62. The molecule has 2 rings (SSSR count). The Labute approximate surface area is 112 Å². The molecule has 20 heavy (non-hydrogen) atoms. The maximum atomic E-state index is 12.6. The fourth-order valence-electron chi connectivity index (χ4n) is 1.75. The van der Waals surface area contributed by atoms with Crippen molar-refractivity contribution in [3.63, 3.8) is 0 Å². The average Bonchev–Trinajstić information content (AvgIpc) is 2.37. The number of anilines is 1. The third-order valence-electron chi connectivity index (χ3n) is 2.73. The highest BCUT2D eigenvalue weighted by atomic mass is 19.4. The third-order valence-corrected chi connectivity index (χ3v) is 2.73. The van der Waals surface area contributed by atoms with E-state index in [1.807, 2.05) is 0 Å². The van der Waals surface area contributed by atoms with E-state index in [2.05, 4.69) is 0 Å². The minimum absolute atomic E-state index is 0.00686. The number of benzene rings is 2. The molecule has 0 amide bonds. The van der Waals surface area contributed by atoms with Crippen molar-refractivity contribution in [2.24, 2.45) is 0 Å². The summed E-state index contributed by atoms with van der Waals surface area (Å²) in [4.78, 5) is 12.1. The predicted molar refractivity (Wildman–Crippen MR) is 67.4 cm³/mol. The number of nitrogen functional groups attached to an aromatic ring is 1. The fraction of sp³-hybridized carbons (Fsp3) is 0.0714. The average molecular weight is 281 g/mol. The van der Waals surface area contributed by atoms with Gasteiger partial charge in [0.2, 0.25) is 0 Å². The van der Waals surface area contributed by atoms with Gasteiger partial charge in [0, 0.05) is 22.9 Å². The molecule has 0 heterocycles. The van der Waals surface area contributed by atoms with Crippen LogP contribution in [-0.4, -0.2) is 10.9 Å². The Bertz CT molecular complexity index is 666. The second kappa shape index (κ2) is 4.88. The van der Waals surface area contributed by atoms with E-state index >= 15 is 0 Å². The number of hydrogen-bond donors (Lipinski definition) is 2. The van der Waals surface area contributed by atoms with Crippen molar-refractivity contribution in [3.05, 3.63) is 59.2 Å². The summed E-state index contributed by atoms with van der Waals surface area (Å²) in [6.07, 6.45) is -4.52. The molecule has 0 atom stereocenters. The molecule has 0 aliphatic rings. The van der Waals surface area contributed by atoms with Crippen LogP contribution in [0.1, 0.15) is 21.5 Å². The standard InChI is InChI=1S/C14H10F3NO2/c15-14(16,17)9-3-1-2-8(6-9)13(20)11-5-4-10(19)7-12(11)18/h1-7,19H,18H2. The third kappa shape index (κ3) is 2.74. The van der Waals surface area contributed by atoms with E-state index in [-0.39, 0.29) is 22.6 Å². The van der Waals surface area contributed by atoms with Crippen molar-refractivity contribution >= 4 is 11.5 Å². The zero-order valence-electron chi connectivity index (χ0n) is 10.1. The number of alkyl halides is 3. The molecule has 3 N–H and O–H groups in total. The van der Waals surface area contributed by atoms with Gasteiger partial charge in [0.15, 0.2) is 5.78 Å². The zero-order chi connectivity index (χ0) is 14.9. The number of nitrogens with two attached hydrogens (primary N) is 1. The maximum Gasteiger partial charge on any atom is 0.416 e. The highest BCUT2D eigenvalue weighted by Gasteiger charge is 2.31. The van der Waals surface area contributed by atoms with Gasteiger partial charge in [0.25, 0.3) is 0 Å². The van der Waals surface area contributed by atoms with Gasteiger partial charge in [-0.25, -0.2) is 0 Å². The second-order valence-electron chi connectivity index (χ2n) is 4.18. The summed E-state index contributed by atoms with van der Waals surface area (Å²) in [6, 6.07) is 7.79. The molecule has 0 aromatic heterocycles. The molecular formula is C14H10F3NO2. The van der Waals surface area contributed by atoms with E-state index in [9.17, 15) is 23.1 Å². The molecule has 2 aromatic carbocycles. The first-order valence-corrected chi connectivity index (χ1v) is 5.59. The van der Waals surface area contributed by atoms with Crippen LogP contribution in [0.4, 0.5) is 18.9 Å². The van der Waals surface area contributed by atoms with Gasteiger partial charge in [-0.3, -0.25) is 4.79 Å². The van der Waals surface area contributed by atoms with Gasteiger partial charge in [0.1, 0.15) is 5.75 Å². The van der Waals surface area contributed by atoms with Crippen LogP contribution in [0.2, 0.25) is 0 Å². The van der Waals surface area contributed by atoms with Crippen LogP contribution in [0.25, 0.3) is 0 Å². The molecule has 104 valence electrons. The molecule has 0 unspecified atom stereocenters. The minimum Gasteiger partial charge on any atom is -0.508 e. The Morgan fingerprint density at radius 3 is 2.40 bits per heavy atom. The topological polar surface area (TPSA) is 63.3 Å². The molecule has 0 fully saturated rings. The van der Waals surface area contributed by atoms with Crippen LogP contribution in [0.5, 0.6) is 5.75 Å². The number of phenolic OH excluding ortho intramolecular Hbond substituents is 1. The van der Waals surface area contributed by atoms with Crippen molar-refractivity contribution in [1.29, 1.82) is 0 Å². The lowest BCUT2D eigenvalue weighted by molar-refractivity contribution is -0.137. The lowest BCUT2D eigenvalue weighted by atomic mass is 10.00. The number of carbonyl (C=O) groups is 1. The second-order valence-corrected chi connectivity index (χ2v) is 4.18. The van der Waals surface area contributed by atoms with Crippen LogP contribution in [0.3, 0.4) is 0 Å². The van der Waals surface area contributed by atoms with Gasteiger partial charge in [-0.1, -0.05) is 12.1 Å². The van der Waals surface area contributed by atoms with Gasteiger partial charge in [-0.2, -0.15) is 13.2 Å². The summed E-state index contributed by atoms with van der Waals surface area (Å²) in [5, 5.41) is 9.20. The number of hydrogen-bond acceptors (Lipinski definition) is 3. The molecule has 0 aliphatic heterocycles. The van der Waals surface area contributed by atoms with E-state index < -0.39 is 17.5 Å². The molecule has 3 nitrogen and oxygen atoms in total. The number of aromatic hydroxyl groups is 1. The molecular weight excluding hydrogens is 271 g/mol. The number of phenols is 1. The van der Waals surface area contributed by atoms with E-state index in [0.717, 1.165) is 18.2 Å². The van der Waals surface area contributed by atoms with E-state index in [1.165, 1.54) is 24.3 Å². The first kappa shape index (κ1) is 13.9. The van der Waals surface area contributed by atoms with E-state index in [0.29, 0.717) is 0 Å². The number of ketones is 1. The number of halogens is 3. The summed E-state index contributed by atoms with van der Waals surface area (Å²) < 4.78 is 37.8. The quantitative estimate of drug-likeness (QED) is 0.656. The number of carbonyl (C=O) groups excluding carboxylic acids is 1. The highest BCUT2D eigenvalue weighted by Crippen LogP contribution is 2.30. The van der Waals surface area contributed by atoms with Gasteiger partial charge < -0.3 is 10.8 Å². The summed E-state index contributed by atoms with van der Waals surface area (Å²) in [6.45, 7) is 0. The Balaban J connectivity index is 2.44. The van der Waals surface area contributed by atoms with Crippen LogP contribution in [0.15, 0.2) is 42.5 Å². The lowest BCUT2D eigenvalue weighted by Crippen LogP contribution is -2.09. The number of rotatable bonds is 2. The Kier molecular flexibility index (Phi) is 3.40. The summed E-state index contributed by atoms with van der Waals surface area (Å²) in [7, 11) is 0. The van der Waals surface area contributed by atoms with Crippen molar-refractivity contribution in [2.45, 2.75) is 6.18 Å². The molecule has 0 saturated carbocycles. The summed E-state index contributed by atoms with van der Waals surface area (Å²) >= 11 is 0. The fourth-order valence-corrected chi connectivity index (χ4v) is 1.75. The molecule has 6 heteroatoms. The molecule has 0 aliphatic carbocycles. The molecule has 0 radical (unpaired) electrons. The van der Waals surface area contributed by atoms with Gasteiger partial charge in [-0.15, -0.1) is 0 Å². The lowest BCUT2D eigenvalue weighted by Gasteiger charge is -2.09. The monoisotopic (exact) mass is 281 g/mol. The Morgan fingerprint density at radius 2 is 1.80 bits per heavy atom. The Morgan fingerprint density at radius 1 is 1.10 bits per heavy atom. The van der Waals surface area contributed by atoms with E-state index in [4.69, 9.17) is 5.73 Å². The molecule has 0 bridgehead atoms. The molecule has 0 saturated heterocycles. The SMILES string of the molecule is Nc1cc(O)ccc1C(=O)c1cccc(C(F)(F)F)c1. The molecule has 2 aromatic rings. The maximum absolute atomic E-state index is 12.6. The smallest absolute Gasteiger partial charge is 0.416 e. The van der Waals surface area contributed by atoms with Crippen molar-refractivity contribution in [1.82, 2.24) is 0 Å². The zero-order valence-corrected chi connectivity index (χ0v) is 10.1. The first-order valence-electron chi connectivity index (χ1n) is 5.59. The molecule has 0 spiro atoms. The minimum atomic E-state index is -4.52. The van der Waals surface area contributed by atoms with Gasteiger partial charge in [-0.05, 0) is 24.3 Å². The van der Waals surface area contributed by atoms with Crippen molar-refractivity contribution in [2.75, 3.05) is 5.73 Å². The van der Waals surface area contributed by atoms with Crippen molar-refractivity contribution < 1.29 is 23.1 Å². The first-order chi connectivity index (χ1) is 9.29. The summed E-state index contributed by atoms with van der Waals surface area (Å²) in [5.74, 6) is -0.753. The Hall–Kier alpha value is -2.50. The van der Waals surface area contributed by atoms with Crippen LogP contribution in [-0.2, 0) is 6.18 Å². The van der Waals surface area contributed by atoms with E-state index in [1.54, 1.807) is 0 Å². The normalized spacial score (nSPS) is 11.3. The predicted octanol–water partition coefficient (Wildman–Crippen LogP) is 3.22.